The molecule has 1 saturated carbocycles. The van der Waals surface area contributed by atoms with E-state index in [2.05, 4.69) is 13.0 Å². The Kier molecular flexibility index (Phi) is 3.27. The van der Waals surface area contributed by atoms with Gasteiger partial charge < -0.3 is 10.5 Å². The van der Waals surface area contributed by atoms with Crippen LogP contribution in [-0.2, 0) is 11.3 Å². The normalized spacial score (nSPS) is 17.1. The van der Waals surface area contributed by atoms with E-state index in [4.69, 9.17) is 10.5 Å². The van der Waals surface area contributed by atoms with Crippen LogP contribution in [0.25, 0.3) is 0 Å². The van der Waals surface area contributed by atoms with Gasteiger partial charge in [-0.3, -0.25) is 0 Å². The van der Waals surface area contributed by atoms with Gasteiger partial charge in [0, 0.05) is 5.69 Å². The van der Waals surface area contributed by atoms with Gasteiger partial charge in [0.25, 0.3) is 0 Å². The first-order chi connectivity index (χ1) is 7.27. The first-order valence-corrected chi connectivity index (χ1v) is 5.73. The summed E-state index contributed by atoms with van der Waals surface area (Å²) >= 11 is 0. The fraction of sp³-hybridized carbons (Fsp3) is 0.538. The van der Waals surface area contributed by atoms with Crippen LogP contribution in [0.1, 0.15) is 36.8 Å². The van der Waals surface area contributed by atoms with Gasteiger partial charge in [0.2, 0.25) is 0 Å². The zero-order chi connectivity index (χ0) is 10.7. The molecule has 1 fully saturated rings. The highest BCUT2D eigenvalue weighted by Crippen LogP contribution is 2.23. The van der Waals surface area contributed by atoms with Crippen molar-refractivity contribution in [1.82, 2.24) is 0 Å². The zero-order valence-corrected chi connectivity index (χ0v) is 9.33. The van der Waals surface area contributed by atoms with Crippen molar-refractivity contribution in [3.63, 3.8) is 0 Å². The molecule has 2 heteroatoms. The molecule has 0 spiro atoms. The summed E-state index contributed by atoms with van der Waals surface area (Å²) in [4.78, 5) is 0. The molecule has 0 aromatic heterocycles. The van der Waals surface area contributed by atoms with Crippen molar-refractivity contribution >= 4 is 5.69 Å². The topological polar surface area (TPSA) is 35.2 Å². The molecule has 2 nitrogen and oxygen atoms in total. The Hall–Kier alpha value is -1.02. The minimum atomic E-state index is 0.478. The zero-order valence-electron chi connectivity index (χ0n) is 9.33. The molecule has 0 atom stereocenters. The Bertz CT molecular complexity index is 329. The monoisotopic (exact) mass is 205 g/mol. The van der Waals surface area contributed by atoms with Gasteiger partial charge in [0.1, 0.15) is 0 Å². The predicted octanol–water partition coefficient (Wildman–Crippen LogP) is 3.04. The number of benzene rings is 1. The molecule has 2 N–H and O–H groups in total. The Labute approximate surface area is 91.4 Å². The van der Waals surface area contributed by atoms with Crippen molar-refractivity contribution in [3.05, 3.63) is 29.3 Å². The number of rotatable bonds is 3. The lowest BCUT2D eigenvalue weighted by Gasteiger charge is -2.13. The number of nitrogen functional groups attached to an aromatic ring is 1. The van der Waals surface area contributed by atoms with Gasteiger partial charge in [-0.05, 0) is 37.0 Å². The highest BCUT2D eigenvalue weighted by atomic mass is 16.5. The summed E-state index contributed by atoms with van der Waals surface area (Å²) in [5.74, 6) is 0. The number of hydrogen-bond acceptors (Lipinski definition) is 2. The number of ether oxygens (including phenoxy) is 1. The van der Waals surface area contributed by atoms with Crippen LogP contribution in [0.2, 0.25) is 0 Å². The molecule has 0 bridgehead atoms. The molecule has 0 aliphatic heterocycles. The van der Waals surface area contributed by atoms with Gasteiger partial charge in [-0.2, -0.15) is 0 Å². The summed E-state index contributed by atoms with van der Waals surface area (Å²) in [7, 11) is 0. The van der Waals surface area contributed by atoms with Crippen LogP contribution in [0.3, 0.4) is 0 Å². The highest BCUT2D eigenvalue weighted by molar-refractivity contribution is 5.49. The molecule has 0 unspecified atom stereocenters. The second kappa shape index (κ2) is 4.67. The maximum atomic E-state index is 5.87. The Morgan fingerprint density at radius 3 is 2.80 bits per heavy atom. The van der Waals surface area contributed by atoms with Crippen LogP contribution in [0.15, 0.2) is 18.2 Å². The summed E-state index contributed by atoms with van der Waals surface area (Å²) in [5, 5.41) is 0. The lowest BCUT2D eigenvalue weighted by molar-refractivity contribution is 0.0454. The van der Waals surface area contributed by atoms with Crippen molar-refractivity contribution in [1.29, 1.82) is 0 Å². The van der Waals surface area contributed by atoms with Crippen LogP contribution in [0, 0.1) is 6.92 Å². The van der Waals surface area contributed by atoms with E-state index in [0.717, 1.165) is 11.3 Å². The van der Waals surface area contributed by atoms with Crippen LogP contribution in [0.4, 0.5) is 5.69 Å². The van der Waals surface area contributed by atoms with Gasteiger partial charge >= 0.3 is 0 Å². The summed E-state index contributed by atoms with van der Waals surface area (Å²) in [6.45, 7) is 2.77. The number of nitrogens with two attached hydrogens (primary N) is 1. The van der Waals surface area contributed by atoms with Gasteiger partial charge in [-0.25, -0.2) is 0 Å². The Morgan fingerprint density at radius 1 is 1.33 bits per heavy atom. The Balaban J connectivity index is 1.95. The average Bonchev–Trinajstić information content (AvgIpc) is 2.73. The van der Waals surface area contributed by atoms with E-state index in [1.165, 1.54) is 31.2 Å². The van der Waals surface area contributed by atoms with Crippen LogP contribution in [0.5, 0.6) is 0 Å². The second-order valence-corrected chi connectivity index (χ2v) is 4.35. The van der Waals surface area contributed by atoms with E-state index in [0.29, 0.717) is 12.7 Å². The van der Waals surface area contributed by atoms with Crippen molar-refractivity contribution in [2.24, 2.45) is 0 Å². The minimum Gasteiger partial charge on any atom is -0.399 e. The molecule has 15 heavy (non-hydrogen) atoms. The molecule has 0 heterocycles. The molecule has 1 aromatic carbocycles. The molecule has 0 amide bonds. The summed E-state index contributed by atoms with van der Waals surface area (Å²) < 4.78 is 5.87. The largest absolute Gasteiger partial charge is 0.399 e. The smallest absolute Gasteiger partial charge is 0.0723 e. The SMILES string of the molecule is Cc1c(N)cccc1COC1CCCC1. The van der Waals surface area contributed by atoms with Crippen LogP contribution < -0.4 is 5.73 Å². The molecule has 82 valence electrons. The third-order valence-electron chi connectivity index (χ3n) is 3.26. The number of hydrogen-bond donors (Lipinski definition) is 1. The fourth-order valence-electron chi connectivity index (χ4n) is 2.12. The summed E-state index contributed by atoms with van der Waals surface area (Å²) in [5.41, 5.74) is 9.10. The number of anilines is 1. The molecule has 1 aliphatic rings. The molecular weight excluding hydrogens is 186 g/mol. The van der Waals surface area contributed by atoms with Crippen molar-refractivity contribution in [2.75, 3.05) is 5.73 Å². The Morgan fingerprint density at radius 2 is 2.07 bits per heavy atom. The molecule has 2 rings (SSSR count). The maximum absolute atomic E-state index is 5.87. The van der Waals surface area contributed by atoms with Crippen molar-refractivity contribution in [2.45, 2.75) is 45.3 Å². The average molecular weight is 205 g/mol. The lowest BCUT2D eigenvalue weighted by atomic mass is 10.1. The standard InChI is InChI=1S/C13H19NO/c1-10-11(5-4-8-13(10)14)9-15-12-6-2-3-7-12/h4-5,8,12H,2-3,6-7,9,14H2,1H3. The maximum Gasteiger partial charge on any atom is 0.0723 e. The molecule has 0 radical (unpaired) electrons. The quantitative estimate of drug-likeness (QED) is 0.770. The molecule has 1 aromatic rings. The van der Waals surface area contributed by atoms with Crippen molar-refractivity contribution in [3.8, 4) is 0 Å². The summed E-state index contributed by atoms with van der Waals surface area (Å²) in [6.07, 6.45) is 5.56. The van der Waals surface area contributed by atoms with Gasteiger partial charge in [-0.1, -0.05) is 25.0 Å². The van der Waals surface area contributed by atoms with Crippen molar-refractivity contribution < 1.29 is 4.74 Å². The minimum absolute atomic E-state index is 0.478. The third kappa shape index (κ3) is 2.51. The first-order valence-electron chi connectivity index (χ1n) is 5.73. The first kappa shape index (κ1) is 10.5. The van der Waals surface area contributed by atoms with E-state index in [1.807, 2.05) is 12.1 Å². The van der Waals surface area contributed by atoms with E-state index >= 15 is 0 Å². The van der Waals surface area contributed by atoms with Gasteiger partial charge in [0.05, 0.1) is 12.7 Å². The molecule has 0 saturated heterocycles. The van der Waals surface area contributed by atoms with Gasteiger partial charge in [-0.15, -0.1) is 0 Å². The predicted molar refractivity (Wildman–Crippen MR) is 62.6 cm³/mol. The second-order valence-electron chi connectivity index (χ2n) is 4.35. The van der Waals surface area contributed by atoms with E-state index in [9.17, 15) is 0 Å². The van der Waals surface area contributed by atoms with Crippen LogP contribution >= 0.6 is 0 Å². The van der Waals surface area contributed by atoms with E-state index in [-0.39, 0.29) is 0 Å². The highest BCUT2D eigenvalue weighted by Gasteiger charge is 2.15. The van der Waals surface area contributed by atoms with E-state index in [1.54, 1.807) is 0 Å². The molecular formula is C13H19NO. The molecule has 1 aliphatic carbocycles. The summed E-state index contributed by atoms with van der Waals surface area (Å²) in [6, 6.07) is 6.03. The van der Waals surface area contributed by atoms with E-state index < -0.39 is 0 Å². The lowest BCUT2D eigenvalue weighted by Crippen LogP contribution is -2.08. The van der Waals surface area contributed by atoms with Crippen LogP contribution in [-0.4, -0.2) is 6.10 Å². The van der Waals surface area contributed by atoms with Gasteiger partial charge in [0.15, 0.2) is 0 Å². The third-order valence-corrected chi connectivity index (χ3v) is 3.26. The fourth-order valence-corrected chi connectivity index (χ4v) is 2.12.